The van der Waals surface area contributed by atoms with E-state index in [0.29, 0.717) is 33.3 Å². The van der Waals surface area contributed by atoms with Crippen LogP contribution >= 0.6 is 22.9 Å². The Morgan fingerprint density at radius 1 is 1.28 bits per heavy atom. The van der Waals surface area contributed by atoms with Gasteiger partial charge in [0.2, 0.25) is 0 Å². The van der Waals surface area contributed by atoms with Gasteiger partial charge in [0.05, 0.1) is 22.3 Å². The number of fused-ring (bicyclic) bond motifs is 1. The molecule has 0 aliphatic heterocycles. The molecule has 1 aliphatic carbocycles. The molecule has 1 fully saturated rings. The third kappa shape index (κ3) is 4.36. The summed E-state index contributed by atoms with van der Waals surface area (Å²) in [6.07, 6.45) is 7.78. The first-order valence-electron chi connectivity index (χ1n) is 9.88. The van der Waals surface area contributed by atoms with Crippen LogP contribution in [0.3, 0.4) is 0 Å². The standard InChI is InChI=1S/C21H22ClN3O3S/c22-14-6-7-15-16(11-14)24-21(28)25(20(15)27)17(10-13-4-2-1-3-5-13)18(26)12-19-23-8-9-29-19/h6-9,11,13,17H,1-5,10,12H2,(H,24,28). The van der Waals surface area contributed by atoms with Gasteiger partial charge in [0.15, 0.2) is 5.78 Å². The molecule has 1 aliphatic rings. The van der Waals surface area contributed by atoms with Crippen molar-refractivity contribution in [1.29, 1.82) is 0 Å². The summed E-state index contributed by atoms with van der Waals surface area (Å²) in [6.45, 7) is 0. The van der Waals surface area contributed by atoms with E-state index >= 15 is 0 Å². The molecule has 1 N–H and O–H groups in total. The number of hydrogen-bond acceptors (Lipinski definition) is 5. The molecule has 2 heterocycles. The lowest BCUT2D eigenvalue weighted by Gasteiger charge is -2.26. The minimum absolute atomic E-state index is 0.125. The van der Waals surface area contributed by atoms with Crippen molar-refractivity contribution in [1.82, 2.24) is 14.5 Å². The van der Waals surface area contributed by atoms with Gasteiger partial charge in [0.25, 0.3) is 5.56 Å². The van der Waals surface area contributed by atoms with E-state index in [1.165, 1.54) is 17.8 Å². The number of nitrogens with one attached hydrogen (secondary N) is 1. The molecule has 0 radical (unpaired) electrons. The predicted octanol–water partition coefficient (Wildman–Crippen LogP) is 4.12. The molecule has 152 valence electrons. The van der Waals surface area contributed by atoms with Crippen LogP contribution in [0.2, 0.25) is 5.02 Å². The number of thiazole rings is 1. The molecular weight excluding hydrogens is 410 g/mol. The summed E-state index contributed by atoms with van der Waals surface area (Å²) in [5.41, 5.74) is -0.640. The lowest BCUT2D eigenvalue weighted by molar-refractivity contribution is -0.122. The molecule has 0 saturated heterocycles. The van der Waals surface area contributed by atoms with E-state index in [2.05, 4.69) is 9.97 Å². The summed E-state index contributed by atoms with van der Waals surface area (Å²) in [4.78, 5) is 46.2. The Kier molecular flexibility index (Phi) is 5.96. The van der Waals surface area contributed by atoms with Gasteiger partial charge >= 0.3 is 5.69 Å². The van der Waals surface area contributed by atoms with Crippen molar-refractivity contribution in [2.45, 2.75) is 51.0 Å². The lowest BCUT2D eigenvalue weighted by atomic mass is 9.83. The maximum atomic E-state index is 13.2. The highest BCUT2D eigenvalue weighted by molar-refractivity contribution is 7.09. The summed E-state index contributed by atoms with van der Waals surface area (Å²) < 4.78 is 1.11. The Morgan fingerprint density at radius 3 is 2.79 bits per heavy atom. The molecule has 1 saturated carbocycles. The molecule has 6 nitrogen and oxygen atoms in total. The number of halogens is 1. The number of carbonyl (C=O) groups is 1. The molecular formula is C21H22ClN3O3S. The first-order chi connectivity index (χ1) is 14.0. The van der Waals surface area contributed by atoms with Gasteiger partial charge in [-0.3, -0.25) is 9.59 Å². The predicted molar refractivity (Wildman–Crippen MR) is 115 cm³/mol. The van der Waals surface area contributed by atoms with Gasteiger partial charge in [-0.05, 0) is 30.5 Å². The van der Waals surface area contributed by atoms with Gasteiger partial charge in [-0.25, -0.2) is 14.3 Å². The van der Waals surface area contributed by atoms with Crippen LogP contribution in [0.5, 0.6) is 0 Å². The van der Waals surface area contributed by atoms with Crippen LogP contribution in [-0.2, 0) is 11.2 Å². The van der Waals surface area contributed by atoms with Crippen molar-refractivity contribution >= 4 is 39.6 Å². The monoisotopic (exact) mass is 431 g/mol. The first kappa shape index (κ1) is 20.0. The van der Waals surface area contributed by atoms with Gasteiger partial charge in [0, 0.05) is 16.6 Å². The number of benzene rings is 1. The topological polar surface area (TPSA) is 84.8 Å². The zero-order valence-electron chi connectivity index (χ0n) is 15.9. The van der Waals surface area contributed by atoms with Gasteiger partial charge in [-0.15, -0.1) is 11.3 Å². The second-order valence-corrected chi connectivity index (χ2v) is 9.04. The number of carbonyl (C=O) groups excluding carboxylic acids is 1. The summed E-state index contributed by atoms with van der Waals surface area (Å²) >= 11 is 7.40. The van der Waals surface area contributed by atoms with Crippen molar-refractivity contribution in [3.8, 4) is 0 Å². The molecule has 4 rings (SSSR count). The normalized spacial score (nSPS) is 16.2. The van der Waals surface area contributed by atoms with E-state index in [0.717, 1.165) is 30.3 Å². The quantitative estimate of drug-likeness (QED) is 0.636. The molecule has 1 unspecified atom stereocenters. The molecule has 0 amide bonds. The number of aromatic nitrogens is 3. The van der Waals surface area contributed by atoms with Gasteiger partial charge in [-0.2, -0.15) is 0 Å². The van der Waals surface area contributed by atoms with E-state index in [1.807, 2.05) is 5.38 Å². The van der Waals surface area contributed by atoms with Crippen LogP contribution < -0.4 is 11.2 Å². The number of hydrogen-bond donors (Lipinski definition) is 1. The van der Waals surface area contributed by atoms with E-state index < -0.39 is 17.3 Å². The molecule has 2 aromatic heterocycles. The fourth-order valence-corrected chi connectivity index (χ4v) is 5.01. The average molecular weight is 432 g/mol. The fourth-order valence-electron chi connectivity index (χ4n) is 4.21. The van der Waals surface area contributed by atoms with Crippen molar-refractivity contribution in [3.63, 3.8) is 0 Å². The molecule has 0 bridgehead atoms. The number of H-pyrrole nitrogens is 1. The van der Waals surface area contributed by atoms with E-state index in [4.69, 9.17) is 11.6 Å². The van der Waals surface area contributed by atoms with Crippen molar-refractivity contribution in [3.05, 3.63) is 60.6 Å². The van der Waals surface area contributed by atoms with Gasteiger partial charge in [0.1, 0.15) is 6.04 Å². The number of nitrogens with zero attached hydrogens (tertiary/aromatic N) is 2. The summed E-state index contributed by atoms with van der Waals surface area (Å²) in [6, 6.07) is 3.97. The Bertz CT molecular complexity index is 1130. The average Bonchev–Trinajstić information content (AvgIpc) is 3.20. The number of ketones is 1. The second kappa shape index (κ2) is 8.63. The third-order valence-electron chi connectivity index (χ3n) is 5.66. The van der Waals surface area contributed by atoms with E-state index in [9.17, 15) is 14.4 Å². The SMILES string of the molecule is O=C(Cc1nccs1)C(CC1CCCCC1)n1c(=O)[nH]c2cc(Cl)ccc2c1=O. The van der Waals surface area contributed by atoms with Crippen LogP contribution in [0, 0.1) is 5.92 Å². The summed E-state index contributed by atoms with van der Waals surface area (Å²) in [5.74, 6) is 0.188. The Hall–Kier alpha value is -2.25. The van der Waals surface area contributed by atoms with Crippen LogP contribution in [-0.4, -0.2) is 20.3 Å². The molecule has 1 atom stereocenters. The second-order valence-electron chi connectivity index (χ2n) is 7.62. The zero-order valence-corrected chi connectivity index (χ0v) is 17.5. The molecule has 3 aromatic rings. The number of Topliss-reactive ketones (excluding diaryl/α,β-unsaturated/α-hetero) is 1. The Balaban J connectivity index is 1.77. The largest absolute Gasteiger partial charge is 0.329 e. The number of aromatic amines is 1. The van der Waals surface area contributed by atoms with Crippen LogP contribution in [0.4, 0.5) is 0 Å². The van der Waals surface area contributed by atoms with Crippen molar-refractivity contribution < 1.29 is 4.79 Å². The van der Waals surface area contributed by atoms with Crippen molar-refractivity contribution in [2.24, 2.45) is 5.92 Å². The minimum Gasteiger partial charge on any atom is -0.307 e. The third-order valence-corrected chi connectivity index (χ3v) is 6.68. The highest BCUT2D eigenvalue weighted by Gasteiger charge is 2.29. The van der Waals surface area contributed by atoms with E-state index in [1.54, 1.807) is 24.4 Å². The number of rotatable bonds is 6. The molecule has 0 spiro atoms. The zero-order chi connectivity index (χ0) is 20.4. The van der Waals surface area contributed by atoms with Crippen LogP contribution in [0.1, 0.15) is 49.6 Å². The summed E-state index contributed by atoms with van der Waals surface area (Å²) in [7, 11) is 0. The maximum absolute atomic E-state index is 13.2. The Labute approximate surface area is 176 Å². The highest BCUT2D eigenvalue weighted by Crippen LogP contribution is 2.31. The Morgan fingerprint density at radius 2 is 2.07 bits per heavy atom. The molecule has 8 heteroatoms. The van der Waals surface area contributed by atoms with Gasteiger partial charge < -0.3 is 4.98 Å². The van der Waals surface area contributed by atoms with Gasteiger partial charge in [-0.1, -0.05) is 43.7 Å². The summed E-state index contributed by atoms with van der Waals surface area (Å²) in [5, 5.41) is 3.30. The molecule has 29 heavy (non-hydrogen) atoms. The van der Waals surface area contributed by atoms with Crippen molar-refractivity contribution in [2.75, 3.05) is 0 Å². The van der Waals surface area contributed by atoms with E-state index in [-0.39, 0.29) is 12.2 Å². The lowest BCUT2D eigenvalue weighted by Crippen LogP contribution is -2.42. The van der Waals surface area contributed by atoms with Crippen LogP contribution in [0.25, 0.3) is 10.9 Å². The molecule has 1 aromatic carbocycles. The van der Waals surface area contributed by atoms with Crippen LogP contribution in [0.15, 0.2) is 39.4 Å². The first-order valence-corrected chi connectivity index (χ1v) is 11.1. The minimum atomic E-state index is -0.793. The smallest absolute Gasteiger partial charge is 0.307 e. The maximum Gasteiger partial charge on any atom is 0.329 e. The highest BCUT2D eigenvalue weighted by atomic mass is 35.5. The fraction of sp³-hybridized carbons (Fsp3) is 0.429.